The van der Waals surface area contributed by atoms with Crippen molar-refractivity contribution >= 4 is 44.3 Å². The van der Waals surface area contributed by atoms with Crippen LogP contribution in [0.2, 0.25) is 0 Å². The van der Waals surface area contributed by atoms with Crippen molar-refractivity contribution in [1.82, 2.24) is 14.7 Å². The Hall–Kier alpha value is -3.72. The second kappa shape index (κ2) is 11.3. The lowest BCUT2D eigenvalue weighted by Crippen LogP contribution is -2.37. The van der Waals surface area contributed by atoms with Crippen molar-refractivity contribution in [3.63, 3.8) is 0 Å². The van der Waals surface area contributed by atoms with E-state index in [1.54, 1.807) is 4.68 Å². The molecule has 0 radical (unpaired) electrons. The number of carbonyl (C=O) groups is 2. The van der Waals surface area contributed by atoms with E-state index < -0.39 is 0 Å². The Balaban J connectivity index is 1.10. The number of amides is 2. The van der Waals surface area contributed by atoms with Gasteiger partial charge in [-0.05, 0) is 94.9 Å². The number of aromatic nitrogens is 2. The van der Waals surface area contributed by atoms with Gasteiger partial charge in [-0.25, -0.2) is 4.39 Å². The van der Waals surface area contributed by atoms with Crippen LogP contribution in [-0.4, -0.2) is 46.2 Å². The van der Waals surface area contributed by atoms with Gasteiger partial charge in [0.25, 0.3) is 5.91 Å². The molecule has 3 aromatic carbocycles. The topological polar surface area (TPSA) is 76.5 Å². The molecule has 1 N–H and O–H groups in total. The Bertz CT molecular complexity index is 1450. The fraction of sp³-hybridized carbons (Fsp3) is 0.276. The summed E-state index contributed by atoms with van der Waals surface area (Å²) in [5, 5.41) is 8.24. The number of nitrogens with zero attached hydrogens (tertiary/aromatic N) is 3. The van der Waals surface area contributed by atoms with Crippen LogP contribution in [0, 0.1) is 5.82 Å². The van der Waals surface area contributed by atoms with Crippen molar-refractivity contribution in [1.29, 1.82) is 0 Å². The van der Waals surface area contributed by atoms with E-state index in [4.69, 9.17) is 4.74 Å². The minimum atomic E-state index is -0.329. The van der Waals surface area contributed by atoms with Gasteiger partial charge in [0.05, 0.1) is 18.5 Å². The van der Waals surface area contributed by atoms with Crippen LogP contribution in [0.15, 0.2) is 71.3 Å². The molecule has 1 saturated heterocycles. The molecule has 9 heteroatoms. The maximum absolute atomic E-state index is 13.1. The van der Waals surface area contributed by atoms with E-state index in [1.807, 2.05) is 54.4 Å². The quantitative estimate of drug-likeness (QED) is 0.296. The molecule has 4 aromatic rings. The Kier molecular flexibility index (Phi) is 7.74. The molecule has 1 fully saturated rings. The first-order chi connectivity index (χ1) is 18.4. The smallest absolute Gasteiger partial charge is 0.253 e. The normalized spacial score (nSPS) is 14.0. The number of likely N-dealkylation sites (tertiary alicyclic amines) is 1. The van der Waals surface area contributed by atoms with Crippen LogP contribution in [-0.2, 0) is 11.8 Å². The molecule has 1 aromatic heterocycles. The Morgan fingerprint density at radius 3 is 2.47 bits per heavy atom. The zero-order valence-corrected chi connectivity index (χ0v) is 22.6. The number of anilines is 1. The van der Waals surface area contributed by atoms with Gasteiger partial charge in [0.1, 0.15) is 16.2 Å². The molecule has 38 heavy (non-hydrogen) atoms. The van der Waals surface area contributed by atoms with Crippen molar-refractivity contribution in [3.05, 3.63) is 88.3 Å². The summed E-state index contributed by atoms with van der Waals surface area (Å²) in [5.74, 6) is 0.458. The number of benzene rings is 3. The van der Waals surface area contributed by atoms with Gasteiger partial charge in [0.15, 0.2) is 0 Å². The van der Waals surface area contributed by atoms with E-state index in [0.717, 1.165) is 34.0 Å². The molecule has 0 saturated carbocycles. The minimum Gasteiger partial charge on any atom is -0.493 e. The number of hydrogen-bond donors (Lipinski definition) is 1. The van der Waals surface area contributed by atoms with Crippen LogP contribution in [0.25, 0.3) is 10.9 Å². The summed E-state index contributed by atoms with van der Waals surface area (Å²) >= 11 is 3.46. The van der Waals surface area contributed by atoms with Crippen molar-refractivity contribution in [2.75, 3.05) is 25.0 Å². The monoisotopic (exact) mass is 578 g/mol. The number of ether oxygens (including phenoxy) is 1. The minimum absolute atomic E-state index is 0.0455. The number of aryl methyl sites for hydroxylation is 1. The summed E-state index contributed by atoms with van der Waals surface area (Å²) in [5.41, 5.74) is 3.53. The maximum Gasteiger partial charge on any atom is 0.253 e. The second-order valence-corrected chi connectivity index (χ2v) is 10.2. The first-order valence-corrected chi connectivity index (χ1v) is 13.4. The maximum atomic E-state index is 13.1. The van der Waals surface area contributed by atoms with Crippen molar-refractivity contribution < 1.29 is 18.7 Å². The summed E-state index contributed by atoms with van der Waals surface area (Å²) in [4.78, 5) is 27.3. The van der Waals surface area contributed by atoms with Crippen molar-refractivity contribution in [2.45, 2.75) is 25.2 Å². The predicted molar refractivity (Wildman–Crippen MR) is 148 cm³/mol. The van der Waals surface area contributed by atoms with Crippen LogP contribution in [0.1, 0.15) is 41.1 Å². The van der Waals surface area contributed by atoms with Gasteiger partial charge in [0.2, 0.25) is 5.91 Å². The molecule has 1 aliphatic heterocycles. The number of carbonyl (C=O) groups excluding carboxylic acids is 2. The zero-order chi connectivity index (χ0) is 26.6. The number of piperidine rings is 1. The first kappa shape index (κ1) is 25.9. The molecular formula is C29H28BrFN4O3. The van der Waals surface area contributed by atoms with Gasteiger partial charge < -0.3 is 15.0 Å². The van der Waals surface area contributed by atoms with Crippen molar-refractivity contribution in [2.24, 2.45) is 7.05 Å². The highest BCUT2D eigenvalue weighted by Crippen LogP contribution is 2.30. The predicted octanol–water partition coefficient (Wildman–Crippen LogP) is 5.90. The van der Waals surface area contributed by atoms with Crippen LogP contribution in [0.5, 0.6) is 5.75 Å². The van der Waals surface area contributed by atoms with Crippen LogP contribution >= 0.6 is 15.9 Å². The SMILES string of the molecule is Cn1nc(Br)c2ccc(C(=O)N3CCC(c4ccc(NC(=O)CCOc5ccc(F)cc5)cc4)CC3)cc21. The third-order valence-corrected chi connectivity index (χ3v) is 7.50. The lowest BCUT2D eigenvalue weighted by molar-refractivity contribution is -0.116. The van der Waals surface area contributed by atoms with Crippen molar-refractivity contribution in [3.8, 4) is 5.75 Å². The molecule has 0 atom stereocenters. The molecule has 2 heterocycles. The van der Waals surface area contributed by atoms with Gasteiger partial charge in [-0.3, -0.25) is 14.3 Å². The highest BCUT2D eigenvalue weighted by molar-refractivity contribution is 9.10. The van der Waals surface area contributed by atoms with Gasteiger partial charge in [-0.15, -0.1) is 0 Å². The molecule has 2 amide bonds. The highest BCUT2D eigenvalue weighted by Gasteiger charge is 2.25. The lowest BCUT2D eigenvalue weighted by Gasteiger charge is -2.32. The number of hydrogen-bond acceptors (Lipinski definition) is 4. The van der Waals surface area contributed by atoms with E-state index >= 15 is 0 Å². The van der Waals surface area contributed by atoms with Crippen LogP contribution < -0.4 is 10.1 Å². The Labute approximate surface area is 228 Å². The summed E-state index contributed by atoms with van der Waals surface area (Å²) in [6.45, 7) is 1.60. The molecule has 0 unspecified atom stereocenters. The average molecular weight is 579 g/mol. The fourth-order valence-electron chi connectivity index (χ4n) is 4.80. The second-order valence-electron chi connectivity index (χ2n) is 9.44. The van der Waals surface area contributed by atoms with E-state index in [9.17, 15) is 14.0 Å². The lowest BCUT2D eigenvalue weighted by atomic mass is 9.89. The Morgan fingerprint density at radius 2 is 1.76 bits per heavy atom. The first-order valence-electron chi connectivity index (χ1n) is 12.6. The Morgan fingerprint density at radius 1 is 1.05 bits per heavy atom. The van der Waals surface area contributed by atoms with Gasteiger partial charge in [-0.2, -0.15) is 5.10 Å². The fourth-order valence-corrected chi connectivity index (χ4v) is 5.37. The molecule has 1 aliphatic rings. The van der Waals surface area contributed by atoms with E-state index in [1.165, 1.54) is 29.8 Å². The van der Waals surface area contributed by atoms with E-state index in [-0.39, 0.29) is 30.7 Å². The highest BCUT2D eigenvalue weighted by atomic mass is 79.9. The van der Waals surface area contributed by atoms with Gasteiger partial charge in [0, 0.05) is 36.8 Å². The largest absolute Gasteiger partial charge is 0.493 e. The summed E-state index contributed by atoms with van der Waals surface area (Å²) in [6, 6.07) is 19.3. The van der Waals surface area contributed by atoms with Gasteiger partial charge >= 0.3 is 0 Å². The number of nitrogens with one attached hydrogen (secondary N) is 1. The van der Waals surface area contributed by atoms with Gasteiger partial charge in [-0.1, -0.05) is 12.1 Å². The van der Waals surface area contributed by atoms with E-state index in [2.05, 4.69) is 26.3 Å². The standard InChI is InChI=1S/C29H28BrFN4O3/c1-34-26-18-21(4-11-25(26)28(30)33-34)29(37)35-15-12-20(13-16-35)19-2-7-23(8-3-19)32-27(36)14-17-38-24-9-5-22(31)6-10-24/h2-11,18,20H,12-17H2,1H3,(H,32,36). The van der Waals surface area contributed by atoms with Crippen LogP contribution in [0.4, 0.5) is 10.1 Å². The average Bonchev–Trinajstić information content (AvgIpc) is 3.22. The molecule has 5 rings (SSSR count). The molecule has 7 nitrogen and oxygen atoms in total. The third-order valence-electron chi connectivity index (χ3n) is 6.91. The number of rotatable bonds is 7. The van der Waals surface area contributed by atoms with E-state index in [0.29, 0.717) is 30.3 Å². The molecule has 196 valence electrons. The zero-order valence-electron chi connectivity index (χ0n) is 21.0. The number of halogens is 2. The number of fused-ring (bicyclic) bond motifs is 1. The summed E-state index contributed by atoms with van der Waals surface area (Å²) < 4.78 is 21.0. The molecule has 0 spiro atoms. The molecular weight excluding hydrogens is 551 g/mol. The third kappa shape index (κ3) is 5.88. The molecule has 0 aliphatic carbocycles. The van der Waals surface area contributed by atoms with Crippen LogP contribution in [0.3, 0.4) is 0 Å². The summed E-state index contributed by atoms with van der Waals surface area (Å²) in [7, 11) is 1.87. The summed E-state index contributed by atoms with van der Waals surface area (Å²) in [6.07, 6.45) is 1.96. The molecule has 0 bridgehead atoms.